The predicted molar refractivity (Wildman–Crippen MR) is 102 cm³/mol. The topological polar surface area (TPSA) is 88.1 Å². The lowest BCUT2D eigenvalue weighted by atomic mass is 9.81. The van der Waals surface area contributed by atoms with Crippen LogP contribution in [0.4, 0.5) is 5.69 Å². The van der Waals surface area contributed by atoms with Gasteiger partial charge in [0, 0.05) is 24.8 Å². The van der Waals surface area contributed by atoms with Crippen molar-refractivity contribution in [1.82, 2.24) is 4.90 Å². The van der Waals surface area contributed by atoms with Gasteiger partial charge in [-0.25, -0.2) is 0 Å². The normalized spacial score (nSPS) is 27.4. The van der Waals surface area contributed by atoms with Gasteiger partial charge in [0.15, 0.2) is 11.5 Å². The first-order valence-electron chi connectivity index (χ1n) is 9.17. The van der Waals surface area contributed by atoms with E-state index in [1.165, 1.54) is 0 Å². The monoisotopic (exact) mass is 396 g/mol. The number of hydrogen-bond donors (Lipinski definition) is 2. The molecule has 1 aromatic rings. The summed E-state index contributed by atoms with van der Waals surface area (Å²) in [5.41, 5.74) is -0.0237. The number of hydrogen-bond acceptors (Lipinski definition) is 5. The van der Waals surface area contributed by atoms with Crippen LogP contribution in [0.1, 0.15) is 26.2 Å². The van der Waals surface area contributed by atoms with Crippen molar-refractivity contribution in [1.29, 1.82) is 0 Å². The molecule has 2 fully saturated rings. The molecule has 7 nitrogen and oxygen atoms in total. The maximum Gasteiger partial charge on any atom is 0.311 e. The Hall–Kier alpha value is -1.99. The molecule has 0 radical (unpaired) electrons. The van der Waals surface area contributed by atoms with E-state index >= 15 is 0 Å². The Morgan fingerprint density at radius 1 is 1.30 bits per heavy atom. The Morgan fingerprint density at radius 3 is 2.74 bits per heavy atom. The summed E-state index contributed by atoms with van der Waals surface area (Å²) in [6.07, 6.45) is 2.60. The van der Waals surface area contributed by atoms with Crippen LogP contribution in [0, 0.1) is 11.3 Å². The van der Waals surface area contributed by atoms with E-state index in [2.05, 4.69) is 5.32 Å². The molecule has 4 rings (SSSR count). The zero-order valence-corrected chi connectivity index (χ0v) is 16.1. The number of ether oxygens (including phenoxy) is 2. The molecule has 148 valence electrons. The summed E-state index contributed by atoms with van der Waals surface area (Å²) < 4.78 is 11.0. The molecule has 1 amide bonds. The standard InChI is InChI=1S/C19H24N2O5.ClH/c1-12(21-10-13-3-2-6-19(13,11-21)18(23)24)17(22)20-14-4-5-15-16(9-14)26-8-7-25-15;/h4-5,9,12-13H,2-3,6-8,10-11H2,1H3,(H,20,22)(H,23,24);1H/t12?,13-,19+;/m0./s1. The van der Waals surface area contributed by atoms with Crippen LogP contribution in [-0.4, -0.2) is 54.2 Å². The van der Waals surface area contributed by atoms with E-state index in [0.717, 1.165) is 12.8 Å². The minimum absolute atomic E-state index is 0. The SMILES string of the molecule is CC(C(=O)Nc1ccc2c(c1)OCCO2)N1C[C@@H]2CCC[C@@]2(C(=O)O)C1.Cl. The first kappa shape index (κ1) is 19.8. The molecule has 8 heteroatoms. The number of anilines is 1. The largest absolute Gasteiger partial charge is 0.486 e. The number of fused-ring (bicyclic) bond motifs is 2. The Labute approximate surface area is 164 Å². The first-order chi connectivity index (χ1) is 12.5. The van der Waals surface area contributed by atoms with Crippen LogP contribution in [0.25, 0.3) is 0 Å². The van der Waals surface area contributed by atoms with Crippen LogP contribution in [0.15, 0.2) is 18.2 Å². The summed E-state index contributed by atoms with van der Waals surface area (Å²) in [5, 5.41) is 12.6. The molecular weight excluding hydrogens is 372 g/mol. The lowest BCUT2D eigenvalue weighted by molar-refractivity contribution is -0.149. The van der Waals surface area contributed by atoms with E-state index in [-0.39, 0.29) is 30.3 Å². The molecule has 2 N–H and O–H groups in total. The van der Waals surface area contributed by atoms with Crippen LogP contribution in [-0.2, 0) is 9.59 Å². The van der Waals surface area contributed by atoms with Gasteiger partial charge in [0.25, 0.3) is 0 Å². The van der Waals surface area contributed by atoms with Gasteiger partial charge in [0.05, 0.1) is 11.5 Å². The van der Waals surface area contributed by atoms with Gasteiger partial charge in [-0.2, -0.15) is 0 Å². The fraction of sp³-hybridized carbons (Fsp3) is 0.579. The highest BCUT2D eigenvalue weighted by Crippen LogP contribution is 2.49. The minimum Gasteiger partial charge on any atom is -0.486 e. The average Bonchev–Trinajstić information content (AvgIpc) is 3.19. The van der Waals surface area contributed by atoms with Crippen LogP contribution >= 0.6 is 12.4 Å². The smallest absolute Gasteiger partial charge is 0.311 e. The van der Waals surface area contributed by atoms with Crippen LogP contribution in [0.5, 0.6) is 11.5 Å². The highest BCUT2D eigenvalue weighted by Gasteiger charge is 2.55. The molecule has 1 saturated carbocycles. The van der Waals surface area contributed by atoms with Gasteiger partial charge in [-0.1, -0.05) is 6.42 Å². The summed E-state index contributed by atoms with van der Waals surface area (Å²) >= 11 is 0. The Balaban J connectivity index is 0.00000210. The van der Waals surface area contributed by atoms with E-state index in [0.29, 0.717) is 49.9 Å². The molecule has 2 heterocycles. The first-order valence-corrected chi connectivity index (χ1v) is 9.17. The van der Waals surface area contributed by atoms with Crippen LogP contribution < -0.4 is 14.8 Å². The maximum absolute atomic E-state index is 12.7. The van der Waals surface area contributed by atoms with Gasteiger partial charge in [-0.05, 0) is 37.8 Å². The quantitative estimate of drug-likeness (QED) is 0.812. The number of likely N-dealkylation sites (tertiary alicyclic amines) is 1. The zero-order valence-electron chi connectivity index (χ0n) is 15.3. The van der Waals surface area contributed by atoms with Crippen molar-refractivity contribution in [3.8, 4) is 11.5 Å². The molecule has 2 aliphatic heterocycles. The number of aliphatic carboxylic acids is 1. The number of carbonyl (C=O) groups excluding carboxylic acids is 1. The molecule has 0 aromatic heterocycles. The summed E-state index contributed by atoms with van der Waals surface area (Å²) in [7, 11) is 0. The highest BCUT2D eigenvalue weighted by atomic mass is 35.5. The second-order valence-corrected chi connectivity index (χ2v) is 7.50. The highest BCUT2D eigenvalue weighted by molar-refractivity contribution is 5.95. The van der Waals surface area contributed by atoms with E-state index in [9.17, 15) is 14.7 Å². The van der Waals surface area contributed by atoms with Crippen molar-refractivity contribution in [2.45, 2.75) is 32.2 Å². The third-order valence-electron chi connectivity index (χ3n) is 6.06. The molecule has 3 atom stereocenters. The summed E-state index contributed by atoms with van der Waals surface area (Å²) in [5.74, 6) is 0.592. The molecule has 3 aliphatic rings. The van der Waals surface area contributed by atoms with Gasteiger partial charge in [0.1, 0.15) is 13.2 Å². The summed E-state index contributed by atoms with van der Waals surface area (Å²) in [6.45, 7) is 3.97. The predicted octanol–water partition coefficient (Wildman–Crippen LogP) is 2.39. The molecule has 0 spiro atoms. The fourth-order valence-corrected chi connectivity index (χ4v) is 4.51. The van der Waals surface area contributed by atoms with E-state index in [1.54, 1.807) is 18.2 Å². The number of nitrogens with one attached hydrogen (secondary N) is 1. The lowest BCUT2D eigenvalue weighted by Crippen LogP contribution is -2.43. The number of halogens is 1. The van der Waals surface area contributed by atoms with Crippen LogP contribution in [0.2, 0.25) is 0 Å². The lowest BCUT2D eigenvalue weighted by Gasteiger charge is -2.26. The van der Waals surface area contributed by atoms with Gasteiger partial charge in [0.2, 0.25) is 5.91 Å². The number of benzene rings is 1. The van der Waals surface area contributed by atoms with Crippen molar-refractivity contribution in [3.63, 3.8) is 0 Å². The Bertz CT molecular complexity index is 743. The van der Waals surface area contributed by atoms with E-state index < -0.39 is 11.4 Å². The maximum atomic E-state index is 12.7. The second kappa shape index (κ2) is 7.56. The second-order valence-electron chi connectivity index (χ2n) is 7.50. The summed E-state index contributed by atoms with van der Waals surface area (Å²) in [6, 6.07) is 4.95. The van der Waals surface area contributed by atoms with E-state index in [1.807, 2.05) is 11.8 Å². The molecule has 1 aliphatic carbocycles. The van der Waals surface area contributed by atoms with Gasteiger partial charge >= 0.3 is 5.97 Å². The van der Waals surface area contributed by atoms with Crippen molar-refractivity contribution in [2.24, 2.45) is 11.3 Å². The molecule has 1 saturated heterocycles. The van der Waals surface area contributed by atoms with Gasteiger partial charge < -0.3 is 19.9 Å². The Morgan fingerprint density at radius 2 is 2.04 bits per heavy atom. The number of carboxylic acid groups (broad SMARTS) is 1. The number of amides is 1. The zero-order chi connectivity index (χ0) is 18.3. The number of nitrogens with zero attached hydrogens (tertiary/aromatic N) is 1. The van der Waals surface area contributed by atoms with Crippen molar-refractivity contribution >= 4 is 30.0 Å². The molecular formula is C19H25ClN2O5. The number of carboxylic acids is 1. The van der Waals surface area contributed by atoms with Crippen molar-refractivity contribution in [3.05, 3.63) is 18.2 Å². The van der Waals surface area contributed by atoms with Gasteiger partial charge in [-0.15, -0.1) is 12.4 Å². The average molecular weight is 397 g/mol. The molecule has 0 bridgehead atoms. The number of carbonyl (C=O) groups is 2. The fourth-order valence-electron chi connectivity index (χ4n) is 4.51. The Kier molecular flexibility index (Phi) is 5.53. The van der Waals surface area contributed by atoms with Crippen molar-refractivity contribution < 1.29 is 24.2 Å². The van der Waals surface area contributed by atoms with E-state index in [4.69, 9.17) is 9.47 Å². The van der Waals surface area contributed by atoms with Crippen molar-refractivity contribution in [2.75, 3.05) is 31.6 Å². The van der Waals surface area contributed by atoms with Crippen LogP contribution in [0.3, 0.4) is 0 Å². The summed E-state index contributed by atoms with van der Waals surface area (Å²) in [4.78, 5) is 26.5. The third-order valence-corrected chi connectivity index (χ3v) is 6.06. The molecule has 1 aromatic carbocycles. The minimum atomic E-state index is -0.720. The van der Waals surface area contributed by atoms with Gasteiger partial charge in [-0.3, -0.25) is 14.5 Å². The number of rotatable bonds is 4. The molecule has 1 unspecified atom stereocenters. The molecule has 27 heavy (non-hydrogen) atoms. The third kappa shape index (κ3) is 3.46.